The highest BCUT2D eigenvalue weighted by atomic mass is 16.5. The van der Waals surface area contributed by atoms with Crippen molar-refractivity contribution in [1.82, 2.24) is 10.1 Å². The summed E-state index contributed by atoms with van der Waals surface area (Å²) in [5.41, 5.74) is 3.59. The maximum absolute atomic E-state index is 5.29. The van der Waals surface area contributed by atoms with Crippen molar-refractivity contribution in [2.45, 2.75) is 58.9 Å². The van der Waals surface area contributed by atoms with Crippen LogP contribution in [0.3, 0.4) is 0 Å². The predicted molar refractivity (Wildman–Crippen MR) is 88.9 cm³/mol. The summed E-state index contributed by atoms with van der Waals surface area (Å²) in [5.74, 6) is 2.10. The third-order valence-electron chi connectivity index (χ3n) is 4.31. The zero-order valence-corrected chi connectivity index (χ0v) is 13.7. The van der Waals surface area contributed by atoms with Gasteiger partial charge in [0.1, 0.15) is 0 Å². The molecule has 3 rings (SSSR count). The van der Waals surface area contributed by atoms with Crippen molar-refractivity contribution >= 4 is 5.69 Å². The lowest BCUT2D eigenvalue weighted by Crippen LogP contribution is -2.13. The SMILES string of the molecule is Cc1noc(-c2ccc(CC3CCCC3)c(NC(C)C)c2)n1. The summed E-state index contributed by atoms with van der Waals surface area (Å²) in [4.78, 5) is 4.33. The molecule has 0 radical (unpaired) electrons. The van der Waals surface area contributed by atoms with Crippen LogP contribution in [0.25, 0.3) is 11.5 Å². The van der Waals surface area contributed by atoms with Gasteiger partial charge in [0.2, 0.25) is 0 Å². The van der Waals surface area contributed by atoms with Crippen molar-refractivity contribution in [3.8, 4) is 11.5 Å². The Kier molecular flexibility index (Phi) is 4.46. The monoisotopic (exact) mass is 299 g/mol. The lowest BCUT2D eigenvalue weighted by atomic mass is 9.95. The summed E-state index contributed by atoms with van der Waals surface area (Å²) < 4.78 is 5.29. The van der Waals surface area contributed by atoms with Crippen LogP contribution in [0.5, 0.6) is 0 Å². The fourth-order valence-corrected chi connectivity index (χ4v) is 3.27. The van der Waals surface area contributed by atoms with Crippen molar-refractivity contribution in [2.75, 3.05) is 5.32 Å². The largest absolute Gasteiger partial charge is 0.383 e. The van der Waals surface area contributed by atoms with Gasteiger partial charge in [-0.25, -0.2) is 0 Å². The van der Waals surface area contributed by atoms with E-state index in [0.29, 0.717) is 17.8 Å². The molecule has 4 heteroatoms. The molecule has 118 valence electrons. The second kappa shape index (κ2) is 6.51. The average Bonchev–Trinajstić information content (AvgIpc) is 3.12. The molecule has 4 nitrogen and oxygen atoms in total. The molecule has 1 aliphatic carbocycles. The highest BCUT2D eigenvalue weighted by Crippen LogP contribution is 2.32. The van der Waals surface area contributed by atoms with Gasteiger partial charge in [-0.3, -0.25) is 0 Å². The predicted octanol–water partition coefficient (Wildman–Crippen LogP) is 4.60. The summed E-state index contributed by atoms with van der Waals surface area (Å²) in [6, 6.07) is 6.87. The third-order valence-corrected chi connectivity index (χ3v) is 4.31. The van der Waals surface area contributed by atoms with Gasteiger partial charge in [0.05, 0.1) is 0 Å². The van der Waals surface area contributed by atoms with Crippen molar-refractivity contribution in [2.24, 2.45) is 5.92 Å². The summed E-state index contributed by atoms with van der Waals surface area (Å²) >= 11 is 0. The van der Waals surface area contributed by atoms with Gasteiger partial charge < -0.3 is 9.84 Å². The van der Waals surface area contributed by atoms with Crippen LogP contribution in [-0.2, 0) is 6.42 Å². The number of nitrogens with zero attached hydrogens (tertiary/aromatic N) is 2. The van der Waals surface area contributed by atoms with Gasteiger partial charge in [-0.05, 0) is 50.8 Å². The standard InChI is InChI=1S/C18H25N3O/c1-12(2)19-17-11-16(18-20-13(3)21-22-18)9-8-15(17)10-14-6-4-5-7-14/h8-9,11-12,14,19H,4-7,10H2,1-3H3. The number of aromatic nitrogens is 2. The van der Waals surface area contributed by atoms with Crippen LogP contribution in [0.15, 0.2) is 22.7 Å². The van der Waals surface area contributed by atoms with Gasteiger partial charge in [-0.1, -0.05) is 36.9 Å². The molecule has 1 heterocycles. The van der Waals surface area contributed by atoms with Crippen LogP contribution in [0.1, 0.15) is 50.9 Å². The molecule has 1 aromatic heterocycles. The second-order valence-electron chi connectivity index (χ2n) is 6.67. The fourth-order valence-electron chi connectivity index (χ4n) is 3.27. The number of rotatable bonds is 5. The number of benzene rings is 1. The first-order valence-electron chi connectivity index (χ1n) is 8.32. The minimum atomic E-state index is 0.405. The molecule has 0 amide bonds. The minimum absolute atomic E-state index is 0.405. The van der Waals surface area contributed by atoms with Gasteiger partial charge in [0, 0.05) is 17.3 Å². The van der Waals surface area contributed by atoms with Gasteiger partial charge >= 0.3 is 0 Å². The molecule has 0 unspecified atom stereocenters. The average molecular weight is 299 g/mol. The summed E-state index contributed by atoms with van der Waals surface area (Å²) in [7, 11) is 0. The lowest BCUT2D eigenvalue weighted by molar-refractivity contribution is 0.425. The topological polar surface area (TPSA) is 51.0 Å². The van der Waals surface area contributed by atoms with Gasteiger partial charge in [-0.15, -0.1) is 0 Å². The number of aryl methyl sites for hydroxylation is 1. The lowest BCUT2D eigenvalue weighted by Gasteiger charge is -2.18. The number of nitrogens with one attached hydrogen (secondary N) is 1. The first-order chi connectivity index (χ1) is 10.6. The van der Waals surface area contributed by atoms with E-state index in [1.807, 2.05) is 6.92 Å². The minimum Gasteiger partial charge on any atom is -0.383 e. The maximum atomic E-state index is 5.29. The summed E-state index contributed by atoms with van der Waals surface area (Å²) in [6.07, 6.45) is 6.67. The molecule has 1 saturated carbocycles. The number of hydrogen-bond donors (Lipinski definition) is 1. The molecule has 1 aliphatic rings. The first kappa shape index (κ1) is 15.1. The van der Waals surface area contributed by atoms with Crippen LogP contribution in [0.2, 0.25) is 0 Å². The van der Waals surface area contributed by atoms with Gasteiger partial charge in [0.25, 0.3) is 5.89 Å². The normalized spacial score (nSPS) is 15.6. The summed E-state index contributed by atoms with van der Waals surface area (Å²) in [6.45, 7) is 6.18. The molecular weight excluding hydrogens is 274 g/mol. The van der Waals surface area contributed by atoms with E-state index in [0.717, 1.165) is 17.9 Å². The molecule has 0 atom stereocenters. The van der Waals surface area contributed by atoms with Crippen LogP contribution in [0, 0.1) is 12.8 Å². The van der Waals surface area contributed by atoms with Crippen LogP contribution in [-0.4, -0.2) is 16.2 Å². The Morgan fingerprint density at radius 3 is 2.68 bits per heavy atom. The smallest absolute Gasteiger partial charge is 0.257 e. The van der Waals surface area contributed by atoms with Crippen LogP contribution >= 0.6 is 0 Å². The molecule has 0 bridgehead atoms. The second-order valence-corrected chi connectivity index (χ2v) is 6.67. The molecule has 0 spiro atoms. The Labute approximate surface area is 132 Å². The highest BCUT2D eigenvalue weighted by molar-refractivity contribution is 5.65. The van der Waals surface area contributed by atoms with E-state index in [2.05, 4.69) is 47.5 Å². The summed E-state index contributed by atoms with van der Waals surface area (Å²) in [5, 5.41) is 7.46. The van der Waals surface area contributed by atoms with E-state index in [1.165, 1.54) is 36.9 Å². The molecule has 22 heavy (non-hydrogen) atoms. The Morgan fingerprint density at radius 1 is 1.27 bits per heavy atom. The van der Waals surface area contributed by atoms with E-state index in [-0.39, 0.29) is 0 Å². The van der Waals surface area contributed by atoms with E-state index in [4.69, 9.17) is 4.52 Å². The molecule has 0 aliphatic heterocycles. The van der Waals surface area contributed by atoms with Crippen LogP contribution in [0.4, 0.5) is 5.69 Å². The maximum Gasteiger partial charge on any atom is 0.257 e. The molecule has 2 aromatic rings. The van der Waals surface area contributed by atoms with E-state index in [9.17, 15) is 0 Å². The van der Waals surface area contributed by atoms with Crippen molar-refractivity contribution < 1.29 is 4.52 Å². The number of anilines is 1. The van der Waals surface area contributed by atoms with Crippen molar-refractivity contribution in [1.29, 1.82) is 0 Å². The van der Waals surface area contributed by atoms with E-state index < -0.39 is 0 Å². The molecule has 1 aromatic carbocycles. The Bertz CT molecular complexity index is 627. The fraction of sp³-hybridized carbons (Fsp3) is 0.556. The zero-order chi connectivity index (χ0) is 15.5. The molecule has 1 N–H and O–H groups in total. The van der Waals surface area contributed by atoms with E-state index >= 15 is 0 Å². The molecule has 1 fully saturated rings. The van der Waals surface area contributed by atoms with Crippen molar-refractivity contribution in [3.05, 3.63) is 29.6 Å². The number of hydrogen-bond acceptors (Lipinski definition) is 4. The Hall–Kier alpha value is -1.84. The highest BCUT2D eigenvalue weighted by Gasteiger charge is 2.18. The zero-order valence-electron chi connectivity index (χ0n) is 13.7. The third kappa shape index (κ3) is 3.49. The Balaban J connectivity index is 1.88. The van der Waals surface area contributed by atoms with Crippen molar-refractivity contribution in [3.63, 3.8) is 0 Å². The van der Waals surface area contributed by atoms with Gasteiger partial charge in [-0.2, -0.15) is 4.98 Å². The molecule has 0 saturated heterocycles. The molecular formula is C18H25N3O. The Morgan fingerprint density at radius 2 is 2.05 bits per heavy atom. The first-order valence-corrected chi connectivity index (χ1v) is 8.32. The quantitative estimate of drug-likeness (QED) is 0.876. The van der Waals surface area contributed by atoms with E-state index in [1.54, 1.807) is 0 Å². The van der Waals surface area contributed by atoms with Gasteiger partial charge in [0.15, 0.2) is 5.82 Å². The van der Waals surface area contributed by atoms with Crippen LogP contribution < -0.4 is 5.32 Å².